The average Bonchev–Trinajstić information content (AvgIpc) is 2.69. The molecular weight excluding hydrogens is 347 g/mol. The topological polar surface area (TPSA) is 67.4 Å². The molecule has 0 aliphatic carbocycles. The van der Waals surface area contributed by atoms with Crippen molar-refractivity contribution in [2.24, 2.45) is 0 Å². The van der Waals surface area contributed by atoms with Crippen molar-refractivity contribution < 1.29 is 18.7 Å². The van der Waals surface area contributed by atoms with Crippen molar-refractivity contribution in [2.75, 3.05) is 25.1 Å². The summed E-state index contributed by atoms with van der Waals surface area (Å²) in [5.74, 6) is -1.70. The minimum atomic E-state index is -0.708. The maximum absolute atomic E-state index is 13.3. The number of carbonyl (C=O) groups is 2. The second-order valence-corrected chi connectivity index (χ2v) is 6.90. The summed E-state index contributed by atoms with van der Waals surface area (Å²) in [4.78, 5) is 24.4. The zero-order chi connectivity index (χ0) is 19.3. The summed E-state index contributed by atoms with van der Waals surface area (Å²) in [6, 6.07) is 13.5. The highest BCUT2D eigenvalue weighted by molar-refractivity contribution is 6.39. The van der Waals surface area contributed by atoms with Crippen LogP contribution >= 0.6 is 0 Å². The Kier molecular flexibility index (Phi) is 5.86. The van der Waals surface area contributed by atoms with Gasteiger partial charge < -0.3 is 15.4 Å². The van der Waals surface area contributed by atoms with E-state index in [0.717, 1.165) is 11.1 Å². The molecule has 0 unspecified atom stereocenters. The summed E-state index contributed by atoms with van der Waals surface area (Å²) < 4.78 is 18.7. The van der Waals surface area contributed by atoms with E-state index in [1.165, 1.54) is 12.1 Å². The highest BCUT2D eigenvalue weighted by atomic mass is 19.1. The number of carbonyl (C=O) groups excluding carboxylic acids is 2. The lowest BCUT2D eigenvalue weighted by atomic mass is 9.74. The molecule has 1 heterocycles. The number of nitrogens with one attached hydrogen (secondary N) is 2. The molecule has 1 aliphatic heterocycles. The standard InChI is InChI=1S/C21H23FN2O3/c1-15-2-8-18(9-3-15)24-20(26)19(25)23-14-21(10-12-27-13-11-21)16-4-6-17(22)7-5-16/h2-9H,10-14H2,1H3,(H,23,25)(H,24,26). The Morgan fingerprint density at radius 3 is 2.26 bits per heavy atom. The van der Waals surface area contributed by atoms with Crippen LogP contribution in [0.3, 0.4) is 0 Å². The summed E-state index contributed by atoms with van der Waals surface area (Å²) >= 11 is 0. The molecule has 2 amide bonds. The first-order chi connectivity index (χ1) is 13.0. The van der Waals surface area contributed by atoms with Gasteiger partial charge in [0.15, 0.2) is 0 Å². The second kappa shape index (κ2) is 8.31. The van der Waals surface area contributed by atoms with Crippen molar-refractivity contribution in [3.63, 3.8) is 0 Å². The highest BCUT2D eigenvalue weighted by Gasteiger charge is 2.35. The number of hydrogen-bond acceptors (Lipinski definition) is 3. The van der Waals surface area contributed by atoms with Gasteiger partial charge in [-0.15, -0.1) is 0 Å². The number of ether oxygens (including phenoxy) is 1. The molecule has 1 fully saturated rings. The summed E-state index contributed by atoms with van der Waals surface area (Å²) in [6.07, 6.45) is 1.39. The van der Waals surface area contributed by atoms with Gasteiger partial charge in [-0.2, -0.15) is 0 Å². The van der Waals surface area contributed by atoms with Crippen LogP contribution in [-0.4, -0.2) is 31.6 Å². The van der Waals surface area contributed by atoms with Gasteiger partial charge in [0.1, 0.15) is 5.82 Å². The molecule has 2 N–H and O–H groups in total. The van der Waals surface area contributed by atoms with Crippen LogP contribution in [0.1, 0.15) is 24.0 Å². The van der Waals surface area contributed by atoms with Crippen LogP contribution in [0.5, 0.6) is 0 Å². The van der Waals surface area contributed by atoms with Crippen LogP contribution < -0.4 is 10.6 Å². The van der Waals surface area contributed by atoms with E-state index >= 15 is 0 Å². The van der Waals surface area contributed by atoms with Crippen molar-refractivity contribution in [3.05, 3.63) is 65.5 Å². The maximum Gasteiger partial charge on any atom is 0.313 e. The minimum absolute atomic E-state index is 0.294. The molecule has 142 valence electrons. The molecule has 5 nitrogen and oxygen atoms in total. The highest BCUT2D eigenvalue weighted by Crippen LogP contribution is 2.34. The van der Waals surface area contributed by atoms with Gasteiger partial charge in [0, 0.05) is 30.9 Å². The Morgan fingerprint density at radius 2 is 1.63 bits per heavy atom. The molecule has 3 rings (SSSR count). The Bertz CT molecular complexity index is 797. The van der Waals surface area contributed by atoms with Crippen molar-refractivity contribution in [3.8, 4) is 0 Å². The van der Waals surface area contributed by atoms with Crippen LogP contribution in [0.15, 0.2) is 48.5 Å². The Hall–Kier alpha value is -2.73. The number of amides is 2. The summed E-state index contributed by atoms with van der Waals surface area (Å²) in [5.41, 5.74) is 2.20. The van der Waals surface area contributed by atoms with E-state index in [0.29, 0.717) is 38.3 Å². The van der Waals surface area contributed by atoms with Gasteiger partial charge in [-0.1, -0.05) is 29.8 Å². The molecule has 1 aliphatic rings. The normalized spacial score (nSPS) is 15.8. The Balaban J connectivity index is 1.65. The van der Waals surface area contributed by atoms with E-state index in [1.54, 1.807) is 24.3 Å². The van der Waals surface area contributed by atoms with Gasteiger partial charge >= 0.3 is 11.8 Å². The lowest BCUT2D eigenvalue weighted by Crippen LogP contribution is -2.47. The largest absolute Gasteiger partial charge is 0.381 e. The summed E-state index contributed by atoms with van der Waals surface area (Å²) in [5, 5.41) is 5.33. The molecule has 0 aromatic heterocycles. The lowest BCUT2D eigenvalue weighted by Gasteiger charge is -2.37. The predicted octanol–water partition coefficient (Wildman–Crippen LogP) is 2.94. The van der Waals surface area contributed by atoms with Crippen molar-refractivity contribution in [2.45, 2.75) is 25.2 Å². The molecule has 2 aromatic rings. The molecule has 0 spiro atoms. The monoisotopic (exact) mass is 370 g/mol. The second-order valence-electron chi connectivity index (χ2n) is 6.90. The van der Waals surface area contributed by atoms with Crippen molar-refractivity contribution in [1.29, 1.82) is 0 Å². The van der Waals surface area contributed by atoms with E-state index in [4.69, 9.17) is 4.74 Å². The third-order valence-corrected chi connectivity index (χ3v) is 5.01. The minimum Gasteiger partial charge on any atom is -0.381 e. The van der Waals surface area contributed by atoms with Crippen LogP contribution in [0.4, 0.5) is 10.1 Å². The molecule has 0 atom stereocenters. The maximum atomic E-state index is 13.3. The molecule has 1 saturated heterocycles. The summed E-state index contributed by atoms with van der Waals surface area (Å²) in [6.45, 7) is 3.36. The molecular formula is C21H23FN2O3. The first kappa shape index (κ1) is 19.0. The van der Waals surface area contributed by atoms with E-state index < -0.39 is 11.8 Å². The average molecular weight is 370 g/mol. The first-order valence-electron chi connectivity index (χ1n) is 8.98. The fourth-order valence-corrected chi connectivity index (χ4v) is 3.29. The number of aryl methyl sites for hydroxylation is 1. The van der Waals surface area contributed by atoms with Crippen molar-refractivity contribution in [1.82, 2.24) is 5.32 Å². The molecule has 27 heavy (non-hydrogen) atoms. The number of halogens is 1. The molecule has 2 aromatic carbocycles. The Morgan fingerprint density at radius 1 is 1.00 bits per heavy atom. The van der Waals surface area contributed by atoms with Gasteiger partial charge in [-0.05, 0) is 49.6 Å². The first-order valence-corrected chi connectivity index (χ1v) is 8.98. The van der Waals surface area contributed by atoms with Gasteiger partial charge in [-0.25, -0.2) is 4.39 Å². The zero-order valence-corrected chi connectivity index (χ0v) is 15.3. The van der Waals surface area contributed by atoms with Crippen LogP contribution in [0, 0.1) is 12.7 Å². The third-order valence-electron chi connectivity index (χ3n) is 5.01. The number of anilines is 1. The van der Waals surface area contributed by atoms with E-state index in [2.05, 4.69) is 10.6 Å². The van der Waals surface area contributed by atoms with Gasteiger partial charge in [0.2, 0.25) is 0 Å². The van der Waals surface area contributed by atoms with Crippen LogP contribution in [-0.2, 0) is 19.7 Å². The van der Waals surface area contributed by atoms with Gasteiger partial charge in [-0.3, -0.25) is 9.59 Å². The summed E-state index contributed by atoms with van der Waals surface area (Å²) in [7, 11) is 0. The number of benzene rings is 2. The fraction of sp³-hybridized carbons (Fsp3) is 0.333. The molecule has 0 saturated carbocycles. The van der Waals surface area contributed by atoms with Crippen LogP contribution in [0.2, 0.25) is 0 Å². The van der Waals surface area contributed by atoms with Crippen molar-refractivity contribution >= 4 is 17.5 Å². The van der Waals surface area contributed by atoms with E-state index in [1.807, 2.05) is 19.1 Å². The quantitative estimate of drug-likeness (QED) is 0.813. The molecule has 0 radical (unpaired) electrons. The third kappa shape index (κ3) is 4.71. The lowest BCUT2D eigenvalue weighted by molar-refractivity contribution is -0.136. The molecule has 0 bridgehead atoms. The van der Waals surface area contributed by atoms with E-state index in [9.17, 15) is 14.0 Å². The smallest absolute Gasteiger partial charge is 0.313 e. The zero-order valence-electron chi connectivity index (χ0n) is 15.3. The van der Waals surface area contributed by atoms with Crippen LogP contribution in [0.25, 0.3) is 0 Å². The number of rotatable bonds is 4. The fourth-order valence-electron chi connectivity index (χ4n) is 3.29. The number of hydrogen-bond donors (Lipinski definition) is 2. The predicted molar refractivity (Wildman–Crippen MR) is 101 cm³/mol. The SMILES string of the molecule is Cc1ccc(NC(=O)C(=O)NCC2(c3ccc(F)cc3)CCOCC2)cc1. The van der Waals surface area contributed by atoms with Gasteiger partial charge in [0.25, 0.3) is 0 Å². The van der Waals surface area contributed by atoms with Gasteiger partial charge in [0.05, 0.1) is 0 Å². The molecule has 6 heteroatoms. The Labute approximate surface area is 157 Å². The van der Waals surface area contributed by atoms with E-state index in [-0.39, 0.29) is 11.2 Å².